The van der Waals surface area contributed by atoms with Gasteiger partial charge < -0.3 is 34.3 Å². The number of aliphatic hydroxyl groups excluding tert-OH is 2. The quantitative estimate of drug-likeness (QED) is 0.297. The lowest BCUT2D eigenvalue weighted by Gasteiger charge is -2.60. The summed E-state index contributed by atoms with van der Waals surface area (Å²) >= 11 is 0. The molecule has 0 saturated carbocycles. The van der Waals surface area contributed by atoms with E-state index in [0.717, 1.165) is 0 Å². The normalized spacial score (nSPS) is 33.0. The van der Waals surface area contributed by atoms with E-state index in [-0.39, 0.29) is 48.3 Å². The number of esters is 3. The molecule has 0 spiro atoms. The average Bonchev–Trinajstić information content (AvgIpc) is 2.95. The Morgan fingerprint density at radius 2 is 1.69 bits per heavy atom. The van der Waals surface area contributed by atoms with Crippen LogP contribution in [0.25, 0.3) is 0 Å². The minimum Gasteiger partial charge on any atom is -0.504 e. The van der Waals surface area contributed by atoms with Crippen molar-refractivity contribution in [1.82, 2.24) is 0 Å². The Balaban J connectivity index is 1.93. The van der Waals surface area contributed by atoms with Gasteiger partial charge in [0.25, 0.3) is 0 Å². The molecule has 11 heteroatoms. The summed E-state index contributed by atoms with van der Waals surface area (Å²) in [5, 5.41) is 35.4. The van der Waals surface area contributed by atoms with Gasteiger partial charge in [-0.3, -0.25) is 14.4 Å². The Kier molecular flexibility index (Phi) is 9.16. The largest absolute Gasteiger partial charge is 0.504 e. The van der Waals surface area contributed by atoms with Crippen molar-refractivity contribution in [3.63, 3.8) is 0 Å². The van der Waals surface area contributed by atoms with E-state index in [1.54, 1.807) is 59.7 Å². The molecule has 11 nitrogen and oxygen atoms in total. The molecule has 1 aliphatic heterocycles. The summed E-state index contributed by atoms with van der Waals surface area (Å²) in [7, 11) is 0. The molecule has 1 aromatic rings. The van der Waals surface area contributed by atoms with E-state index in [4.69, 9.17) is 18.9 Å². The van der Waals surface area contributed by atoms with Gasteiger partial charge in [-0.2, -0.15) is 0 Å². The number of carbonyl (C=O) groups is 4. The van der Waals surface area contributed by atoms with Crippen LogP contribution in [0.5, 0.6) is 0 Å². The van der Waals surface area contributed by atoms with E-state index >= 15 is 0 Å². The first kappa shape index (κ1) is 34.3. The van der Waals surface area contributed by atoms with Crippen LogP contribution in [0.4, 0.5) is 0 Å². The van der Waals surface area contributed by atoms with Crippen molar-refractivity contribution in [2.75, 3.05) is 13.2 Å². The molecular formula is C34H44O11. The number of ketones is 1. The fourth-order valence-corrected chi connectivity index (χ4v) is 6.89. The average molecular weight is 629 g/mol. The summed E-state index contributed by atoms with van der Waals surface area (Å²) < 4.78 is 23.5. The third-order valence-corrected chi connectivity index (χ3v) is 9.55. The zero-order valence-corrected chi connectivity index (χ0v) is 27.1. The third-order valence-electron chi connectivity index (χ3n) is 9.55. The summed E-state index contributed by atoms with van der Waals surface area (Å²) in [5.41, 5.74) is -5.58. The van der Waals surface area contributed by atoms with Gasteiger partial charge in [0.2, 0.25) is 5.78 Å². The second-order valence-corrected chi connectivity index (χ2v) is 13.9. The molecule has 0 unspecified atom stereocenters. The van der Waals surface area contributed by atoms with Gasteiger partial charge >= 0.3 is 17.9 Å². The van der Waals surface area contributed by atoms with Gasteiger partial charge in [-0.15, -0.1) is 0 Å². The van der Waals surface area contributed by atoms with Gasteiger partial charge in [0, 0.05) is 30.8 Å². The molecular weight excluding hydrogens is 584 g/mol. The Hall–Kier alpha value is -3.54. The predicted octanol–water partition coefficient (Wildman–Crippen LogP) is 3.76. The minimum absolute atomic E-state index is 0.00251. The monoisotopic (exact) mass is 628 g/mol. The first-order valence-electron chi connectivity index (χ1n) is 15.1. The van der Waals surface area contributed by atoms with Gasteiger partial charge in [-0.1, -0.05) is 32.0 Å². The van der Waals surface area contributed by atoms with Crippen LogP contribution < -0.4 is 0 Å². The standard InChI is InChI=1S/C34H44O11/c1-18-22(36)16-34(41)28(44-29(39)21-12-10-9-11-13-21)25(19(2)26(37)27(38)24(18)32(34,7)8)33(45-20(3)35)17-43-23(33)14-15-42-30(40)31(4,5)6/h9-13,22-23,25,28,36-37,41H,14-17H2,1-8H3/b26-19+/t22-,23+,25+,28-,33-,34+/m0/s1. The van der Waals surface area contributed by atoms with Crippen molar-refractivity contribution in [2.45, 2.75) is 97.7 Å². The molecule has 2 aliphatic carbocycles. The zero-order valence-electron chi connectivity index (χ0n) is 27.1. The SMILES string of the molecule is CC(=O)O[C@@]1([C@@H]2/C(C)=C(/O)C(=O)C3=C(C)[C@@H](O)C[C@@](O)([C@H]2OC(=O)c2ccccc2)C3(C)C)CO[C@@H]1CCOC(=O)C(C)(C)C. The van der Waals surface area contributed by atoms with Gasteiger partial charge in [-0.05, 0) is 57.9 Å². The number of ether oxygens (including phenoxy) is 4. The molecule has 6 atom stereocenters. The third kappa shape index (κ3) is 5.81. The Morgan fingerprint density at radius 3 is 2.22 bits per heavy atom. The van der Waals surface area contributed by atoms with Gasteiger partial charge in [0.05, 0.1) is 36.2 Å². The van der Waals surface area contributed by atoms with Crippen molar-refractivity contribution < 1.29 is 53.4 Å². The molecule has 1 heterocycles. The van der Waals surface area contributed by atoms with Crippen molar-refractivity contribution in [3.05, 3.63) is 58.4 Å². The highest BCUT2D eigenvalue weighted by Crippen LogP contribution is 2.57. The number of hydrogen-bond donors (Lipinski definition) is 3. The molecule has 45 heavy (non-hydrogen) atoms. The number of fused-ring (bicyclic) bond motifs is 2. The number of rotatable bonds is 7. The van der Waals surface area contributed by atoms with E-state index in [0.29, 0.717) is 0 Å². The molecule has 1 saturated heterocycles. The molecule has 1 aromatic carbocycles. The van der Waals surface area contributed by atoms with Crippen LogP contribution in [-0.4, -0.2) is 81.7 Å². The van der Waals surface area contributed by atoms with Crippen molar-refractivity contribution >= 4 is 23.7 Å². The molecule has 4 rings (SSSR count). The highest BCUT2D eigenvalue weighted by atomic mass is 16.6. The minimum atomic E-state index is -2.11. The summed E-state index contributed by atoms with van der Waals surface area (Å²) in [5.74, 6) is -4.82. The maximum atomic E-state index is 13.9. The highest BCUT2D eigenvalue weighted by molar-refractivity contribution is 6.09. The summed E-state index contributed by atoms with van der Waals surface area (Å²) in [6, 6.07) is 8.07. The molecule has 3 aliphatic rings. The van der Waals surface area contributed by atoms with Crippen LogP contribution >= 0.6 is 0 Å². The van der Waals surface area contributed by atoms with E-state index in [1.165, 1.54) is 26.0 Å². The van der Waals surface area contributed by atoms with Crippen molar-refractivity contribution in [3.8, 4) is 0 Å². The van der Waals surface area contributed by atoms with E-state index in [9.17, 15) is 34.5 Å². The van der Waals surface area contributed by atoms with Crippen molar-refractivity contribution in [2.24, 2.45) is 16.7 Å². The number of allylic oxidation sites excluding steroid dienone is 1. The number of benzene rings is 1. The van der Waals surface area contributed by atoms with Crippen LogP contribution in [0.1, 0.15) is 78.6 Å². The molecule has 2 bridgehead atoms. The van der Waals surface area contributed by atoms with Crippen LogP contribution in [0.15, 0.2) is 52.8 Å². The lowest BCUT2D eigenvalue weighted by Crippen LogP contribution is -2.73. The maximum absolute atomic E-state index is 13.9. The predicted molar refractivity (Wildman–Crippen MR) is 161 cm³/mol. The van der Waals surface area contributed by atoms with E-state index in [2.05, 4.69) is 0 Å². The van der Waals surface area contributed by atoms with E-state index in [1.807, 2.05) is 0 Å². The maximum Gasteiger partial charge on any atom is 0.338 e. The van der Waals surface area contributed by atoms with E-state index < -0.39 is 75.7 Å². The Labute approximate surface area is 263 Å². The molecule has 0 radical (unpaired) electrons. The fourth-order valence-electron chi connectivity index (χ4n) is 6.89. The van der Waals surface area contributed by atoms with Gasteiger partial charge in [0.15, 0.2) is 11.4 Å². The van der Waals surface area contributed by atoms with Gasteiger partial charge in [0.1, 0.15) is 17.8 Å². The number of Topliss-reactive ketones (excluding diaryl/α,β-unsaturated/α-hetero) is 1. The fraction of sp³-hybridized carbons (Fsp3) is 0.588. The smallest absolute Gasteiger partial charge is 0.338 e. The lowest BCUT2D eigenvalue weighted by atomic mass is 9.53. The van der Waals surface area contributed by atoms with Crippen LogP contribution in [0.3, 0.4) is 0 Å². The number of hydrogen-bond acceptors (Lipinski definition) is 11. The Bertz CT molecular complexity index is 1430. The lowest BCUT2D eigenvalue weighted by molar-refractivity contribution is -0.295. The Morgan fingerprint density at radius 1 is 1.07 bits per heavy atom. The zero-order chi connectivity index (χ0) is 33.7. The topological polar surface area (TPSA) is 166 Å². The molecule has 246 valence electrons. The van der Waals surface area contributed by atoms with Crippen LogP contribution in [0, 0.1) is 16.7 Å². The second kappa shape index (κ2) is 12.0. The molecule has 1 fully saturated rings. The van der Waals surface area contributed by atoms with Crippen molar-refractivity contribution in [1.29, 1.82) is 0 Å². The second-order valence-electron chi connectivity index (χ2n) is 13.9. The summed E-state index contributed by atoms with van der Waals surface area (Å²) in [6.45, 7) is 12.1. The molecule has 3 N–H and O–H groups in total. The first-order chi connectivity index (χ1) is 20.8. The number of aliphatic hydroxyl groups is 3. The highest BCUT2D eigenvalue weighted by Gasteiger charge is 2.69. The first-order valence-corrected chi connectivity index (χ1v) is 15.1. The molecule has 0 aromatic heterocycles. The van der Waals surface area contributed by atoms with Gasteiger partial charge in [-0.25, -0.2) is 4.79 Å². The molecule has 0 amide bonds. The summed E-state index contributed by atoms with van der Waals surface area (Å²) in [4.78, 5) is 52.8. The number of carbonyl (C=O) groups excluding carboxylic acids is 4. The van der Waals surface area contributed by atoms with Crippen LogP contribution in [0.2, 0.25) is 0 Å². The van der Waals surface area contributed by atoms with Crippen LogP contribution in [-0.2, 0) is 33.3 Å². The summed E-state index contributed by atoms with van der Waals surface area (Å²) in [6.07, 6.45) is -4.13.